The van der Waals surface area contributed by atoms with Crippen molar-refractivity contribution in [2.45, 2.75) is 13.5 Å². The molecule has 84 valence electrons. The normalized spacial score (nSPS) is 10.4. The summed E-state index contributed by atoms with van der Waals surface area (Å²) in [6.45, 7) is 2.62. The van der Waals surface area contributed by atoms with Gasteiger partial charge in [0.25, 0.3) is 0 Å². The lowest BCUT2D eigenvalue weighted by atomic mass is 10.3. The minimum absolute atomic E-state index is 0.545. The zero-order valence-electron chi connectivity index (χ0n) is 9.24. The Morgan fingerprint density at radius 1 is 1.50 bits per heavy atom. The molecule has 16 heavy (non-hydrogen) atoms. The Bertz CT molecular complexity index is 492. The van der Waals surface area contributed by atoms with Crippen LogP contribution in [-0.2, 0) is 13.6 Å². The van der Waals surface area contributed by atoms with Gasteiger partial charge < -0.3 is 5.32 Å². The third-order valence-electron chi connectivity index (χ3n) is 2.26. The second-order valence-electron chi connectivity index (χ2n) is 3.67. The summed E-state index contributed by atoms with van der Waals surface area (Å²) in [5.74, 6) is 0. The van der Waals surface area contributed by atoms with Crippen LogP contribution in [0.3, 0.4) is 0 Å². The van der Waals surface area contributed by atoms with Gasteiger partial charge in [0.05, 0.1) is 24.1 Å². The standard InChI is InChI=1S/C11H13ClN4/c1-8-5-10(7-14-11(8)12)13-6-9-3-4-16(2)15-9/h3-5,7,13H,6H2,1-2H3. The molecule has 0 saturated carbocycles. The first kappa shape index (κ1) is 11.0. The molecule has 2 aromatic heterocycles. The van der Waals surface area contributed by atoms with Crippen molar-refractivity contribution in [3.63, 3.8) is 0 Å². The van der Waals surface area contributed by atoms with Crippen LogP contribution >= 0.6 is 11.6 Å². The van der Waals surface area contributed by atoms with E-state index in [1.165, 1.54) is 0 Å². The molecule has 2 heterocycles. The number of aromatic nitrogens is 3. The van der Waals surface area contributed by atoms with Crippen LogP contribution in [0.15, 0.2) is 24.5 Å². The maximum atomic E-state index is 5.85. The highest BCUT2D eigenvalue weighted by atomic mass is 35.5. The molecule has 0 aliphatic carbocycles. The van der Waals surface area contributed by atoms with Crippen LogP contribution < -0.4 is 5.32 Å². The predicted molar refractivity (Wildman–Crippen MR) is 64.5 cm³/mol. The minimum Gasteiger partial charge on any atom is -0.378 e. The van der Waals surface area contributed by atoms with Crippen LogP contribution in [0.1, 0.15) is 11.3 Å². The van der Waals surface area contributed by atoms with Gasteiger partial charge >= 0.3 is 0 Å². The fourth-order valence-corrected chi connectivity index (χ4v) is 1.51. The zero-order valence-corrected chi connectivity index (χ0v) is 9.99. The molecule has 0 atom stereocenters. The molecule has 2 aromatic rings. The Kier molecular flexibility index (Phi) is 3.10. The molecule has 0 aliphatic heterocycles. The highest BCUT2D eigenvalue weighted by Gasteiger charge is 2.00. The van der Waals surface area contributed by atoms with Crippen LogP contribution in [-0.4, -0.2) is 14.8 Å². The van der Waals surface area contributed by atoms with Crippen LogP contribution in [0.5, 0.6) is 0 Å². The van der Waals surface area contributed by atoms with Gasteiger partial charge in [-0.15, -0.1) is 0 Å². The van der Waals surface area contributed by atoms with Crippen LogP contribution in [0.25, 0.3) is 0 Å². The molecule has 0 radical (unpaired) electrons. The van der Waals surface area contributed by atoms with E-state index < -0.39 is 0 Å². The molecule has 4 nitrogen and oxygen atoms in total. The number of nitrogens with one attached hydrogen (secondary N) is 1. The Morgan fingerprint density at radius 3 is 2.94 bits per heavy atom. The Labute approximate surface area is 99.3 Å². The summed E-state index contributed by atoms with van der Waals surface area (Å²) in [5.41, 5.74) is 2.91. The first-order valence-corrected chi connectivity index (χ1v) is 5.37. The van der Waals surface area contributed by atoms with Crippen molar-refractivity contribution in [3.05, 3.63) is 40.9 Å². The highest BCUT2D eigenvalue weighted by molar-refractivity contribution is 6.30. The summed E-state index contributed by atoms with van der Waals surface area (Å²) in [6.07, 6.45) is 3.64. The van der Waals surface area contributed by atoms with Gasteiger partial charge in [0.2, 0.25) is 0 Å². The topological polar surface area (TPSA) is 42.7 Å². The van der Waals surface area contributed by atoms with Crippen LogP contribution in [0, 0.1) is 6.92 Å². The van der Waals surface area contributed by atoms with Crippen molar-refractivity contribution < 1.29 is 0 Å². The third kappa shape index (κ3) is 2.52. The number of rotatable bonds is 3. The Hall–Kier alpha value is -1.55. The van der Waals surface area contributed by atoms with E-state index in [-0.39, 0.29) is 0 Å². The lowest BCUT2D eigenvalue weighted by Gasteiger charge is -2.05. The van der Waals surface area contributed by atoms with Gasteiger partial charge in [-0.1, -0.05) is 11.6 Å². The second-order valence-corrected chi connectivity index (χ2v) is 4.02. The molecule has 1 N–H and O–H groups in total. The maximum Gasteiger partial charge on any atom is 0.132 e. The molecule has 0 bridgehead atoms. The van der Waals surface area contributed by atoms with E-state index in [0.29, 0.717) is 11.7 Å². The van der Waals surface area contributed by atoms with Gasteiger partial charge in [-0.25, -0.2) is 4.98 Å². The van der Waals surface area contributed by atoms with Crippen LogP contribution in [0.2, 0.25) is 5.15 Å². The van der Waals surface area contributed by atoms with Crippen molar-refractivity contribution in [2.75, 3.05) is 5.32 Å². The van der Waals surface area contributed by atoms with Crippen molar-refractivity contribution in [3.8, 4) is 0 Å². The number of hydrogen-bond acceptors (Lipinski definition) is 3. The van der Waals surface area contributed by atoms with E-state index in [0.717, 1.165) is 16.9 Å². The second kappa shape index (κ2) is 4.53. The average molecular weight is 237 g/mol. The molecule has 0 fully saturated rings. The number of anilines is 1. The summed E-state index contributed by atoms with van der Waals surface area (Å²) >= 11 is 5.85. The van der Waals surface area contributed by atoms with E-state index >= 15 is 0 Å². The van der Waals surface area contributed by atoms with E-state index in [1.807, 2.05) is 32.3 Å². The minimum atomic E-state index is 0.545. The quantitative estimate of drug-likeness (QED) is 0.833. The van der Waals surface area contributed by atoms with Crippen molar-refractivity contribution >= 4 is 17.3 Å². The van der Waals surface area contributed by atoms with Crippen LogP contribution in [0.4, 0.5) is 5.69 Å². The van der Waals surface area contributed by atoms with Gasteiger partial charge in [0, 0.05) is 13.2 Å². The molecule has 0 saturated heterocycles. The molecule has 2 rings (SSSR count). The SMILES string of the molecule is Cc1cc(NCc2ccn(C)n2)cnc1Cl. The number of nitrogens with zero attached hydrogens (tertiary/aromatic N) is 3. The predicted octanol–water partition coefficient (Wildman–Crippen LogP) is 2.39. The van der Waals surface area contributed by atoms with E-state index in [4.69, 9.17) is 11.6 Å². The molecule has 0 amide bonds. The largest absolute Gasteiger partial charge is 0.378 e. The van der Waals surface area contributed by atoms with E-state index in [2.05, 4.69) is 15.4 Å². The van der Waals surface area contributed by atoms with E-state index in [1.54, 1.807) is 10.9 Å². The monoisotopic (exact) mass is 236 g/mol. The average Bonchev–Trinajstić information content (AvgIpc) is 2.66. The van der Waals surface area contributed by atoms with Gasteiger partial charge in [-0.2, -0.15) is 5.10 Å². The Morgan fingerprint density at radius 2 is 2.31 bits per heavy atom. The first-order valence-electron chi connectivity index (χ1n) is 4.99. The maximum absolute atomic E-state index is 5.85. The molecule has 0 spiro atoms. The smallest absolute Gasteiger partial charge is 0.132 e. The highest BCUT2D eigenvalue weighted by Crippen LogP contribution is 2.16. The fraction of sp³-hybridized carbons (Fsp3) is 0.273. The molecule has 0 unspecified atom stereocenters. The lowest BCUT2D eigenvalue weighted by molar-refractivity contribution is 0.747. The molecule has 0 aromatic carbocycles. The van der Waals surface area contributed by atoms with Gasteiger partial charge in [-0.3, -0.25) is 4.68 Å². The zero-order chi connectivity index (χ0) is 11.5. The molecular formula is C11H13ClN4. The summed E-state index contributed by atoms with van der Waals surface area (Å²) in [6, 6.07) is 3.95. The molecule has 5 heteroatoms. The van der Waals surface area contributed by atoms with Gasteiger partial charge in [-0.05, 0) is 24.6 Å². The number of pyridine rings is 1. The first-order chi connectivity index (χ1) is 7.65. The molecular weight excluding hydrogens is 224 g/mol. The summed E-state index contributed by atoms with van der Waals surface area (Å²) < 4.78 is 1.78. The van der Waals surface area contributed by atoms with Crippen molar-refractivity contribution in [1.82, 2.24) is 14.8 Å². The summed E-state index contributed by atoms with van der Waals surface area (Å²) in [4.78, 5) is 4.07. The number of hydrogen-bond donors (Lipinski definition) is 1. The van der Waals surface area contributed by atoms with Gasteiger partial charge in [0.15, 0.2) is 0 Å². The van der Waals surface area contributed by atoms with E-state index in [9.17, 15) is 0 Å². The summed E-state index contributed by atoms with van der Waals surface area (Å²) in [5, 5.41) is 8.06. The lowest BCUT2D eigenvalue weighted by Crippen LogP contribution is -2.01. The Balaban J connectivity index is 2.02. The summed E-state index contributed by atoms with van der Waals surface area (Å²) in [7, 11) is 1.90. The third-order valence-corrected chi connectivity index (χ3v) is 2.65. The fourth-order valence-electron chi connectivity index (χ4n) is 1.40. The van der Waals surface area contributed by atoms with Gasteiger partial charge in [0.1, 0.15) is 5.15 Å². The number of halogens is 1. The number of aryl methyl sites for hydroxylation is 2. The van der Waals surface area contributed by atoms with Crippen molar-refractivity contribution in [2.24, 2.45) is 7.05 Å². The molecule has 0 aliphatic rings. The van der Waals surface area contributed by atoms with Crippen molar-refractivity contribution in [1.29, 1.82) is 0 Å².